The maximum absolute atomic E-state index is 3.53. The number of piperidine rings is 1. The van der Waals surface area contributed by atoms with Crippen LogP contribution in [0.25, 0.3) is 0 Å². The molecule has 3 heteroatoms. The van der Waals surface area contributed by atoms with Crippen molar-refractivity contribution in [3.63, 3.8) is 0 Å². The Morgan fingerprint density at radius 3 is 2.80 bits per heavy atom. The first-order chi connectivity index (χ1) is 9.83. The van der Waals surface area contributed by atoms with Crippen LogP contribution in [0.1, 0.15) is 24.8 Å². The first-order valence-corrected chi connectivity index (χ1v) is 8.02. The van der Waals surface area contributed by atoms with E-state index < -0.39 is 0 Å². The molecule has 20 heavy (non-hydrogen) atoms. The molecule has 0 aromatic heterocycles. The molecule has 1 aromatic rings. The summed E-state index contributed by atoms with van der Waals surface area (Å²) in [5.41, 5.74) is 1.44. The van der Waals surface area contributed by atoms with Crippen LogP contribution in [0, 0.1) is 0 Å². The molecule has 0 aliphatic carbocycles. The number of likely N-dealkylation sites (N-methyl/N-ethyl adjacent to an activating group) is 1. The number of benzene rings is 1. The Labute approximate surface area is 123 Å². The van der Waals surface area contributed by atoms with E-state index in [-0.39, 0.29) is 0 Å². The van der Waals surface area contributed by atoms with E-state index >= 15 is 0 Å². The van der Waals surface area contributed by atoms with E-state index in [2.05, 4.69) is 52.5 Å². The zero-order valence-corrected chi connectivity index (χ0v) is 12.6. The summed E-state index contributed by atoms with van der Waals surface area (Å²) in [6, 6.07) is 12.3. The van der Waals surface area contributed by atoms with Crippen molar-refractivity contribution in [1.29, 1.82) is 0 Å². The van der Waals surface area contributed by atoms with E-state index in [4.69, 9.17) is 0 Å². The van der Waals surface area contributed by atoms with Crippen molar-refractivity contribution in [3.05, 3.63) is 35.9 Å². The number of nitrogens with one attached hydrogen (secondary N) is 1. The van der Waals surface area contributed by atoms with Crippen molar-refractivity contribution in [2.45, 2.75) is 37.9 Å². The van der Waals surface area contributed by atoms with Gasteiger partial charge in [-0.1, -0.05) is 30.3 Å². The van der Waals surface area contributed by atoms with Gasteiger partial charge in [-0.2, -0.15) is 0 Å². The maximum Gasteiger partial charge on any atom is 0.0235 e. The van der Waals surface area contributed by atoms with Crippen molar-refractivity contribution in [2.75, 3.05) is 33.2 Å². The maximum atomic E-state index is 3.53. The number of rotatable bonds is 4. The Kier molecular flexibility index (Phi) is 4.71. The molecule has 2 heterocycles. The minimum absolute atomic E-state index is 0.739. The predicted molar refractivity (Wildman–Crippen MR) is 83.8 cm³/mol. The van der Waals surface area contributed by atoms with E-state index in [0.29, 0.717) is 0 Å². The summed E-state index contributed by atoms with van der Waals surface area (Å²) in [7, 11) is 2.33. The lowest BCUT2D eigenvalue weighted by Crippen LogP contribution is -2.49. The monoisotopic (exact) mass is 273 g/mol. The molecule has 2 aliphatic heterocycles. The number of nitrogens with zero attached hydrogens (tertiary/aromatic N) is 2. The van der Waals surface area contributed by atoms with Crippen LogP contribution < -0.4 is 5.32 Å². The molecule has 0 spiro atoms. The van der Waals surface area contributed by atoms with E-state index in [0.717, 1.165) is 18.6 Å². The van der Waals surface area contributed by atoms with Gasteiger partial charge in [-0.3, -0.25) is 9.80 Å². The molecule has 2 unspecified atom stereocenters. The van der Waals surface area contributed by atoms with E-state index in [1.807, 2.05) is 0 Å². The second kappa shape index (κ2) is 6.70. The van der Waals surface area contributed by atoms with Gasteiger partial charge >= 0.3 is 0 Å². The van der Waals surface area contributed by atoms with Crippen LogP contribution in [-0.2, 0) is 6.54 Å². The number of likely N-dealkylation sites (tertiary alicyclic amines) is 1. The van der Waals surface area contributed by atoms with Gasteiger partial charge in [-0.15, -0.1) is 0 Å². The molecule has 110 valence electrons. The highest BCUT2D eigenvalue weighted by molar-refractivity contribution is 5.14. The smallest absolute Gasteiger partial charge is 0.0235 e. The number of hydrogen-bond acceptors (Lipinski definition) is 3. The third-order valence-electron chi connectivity index (χ3n) is 4.92. The molecule has 0 radical (unpaired) electrons. The Hall–Kier alpha value is -0.900. The highest BCUT2D eigenvalue weighted by Gasteiger charge is 2.30. The van der Waals surface area contributed by atoms with Gasteiger partial charge in [0.15, 0.2) is 0 Å². The minimum Gasteiger partial charge on any atom is -0.315 e. The molecule has 0 saturated carbocycles. The van der Waals surface area contributed by atoms with Crippen LogP contribution >= 0.6 is 0 Å². The highest BCUT2D eigenvalue weighted by Crippen LogP contribution is 2.21. The first kappa shape index (κ1) is 14.1. The lowest BCUT2D eigenvalue weighted by atomic mass is 10.0. The second-order valence-electron chi connectivity index (χ2n) is 6.33. The van der Waals surface area contributed by atoms with Gasteiger partial charge in [-0.25, -0.2) is 0 Å². The van der Waals surface area contributed by atoms with Gasteiger partial charge in [-0.05, 0) is 38.4 Å². The SMILES string of the molecule is CN(C1CCCNC1)C1CCN(Cc2ccccc2)C1. The fourth-order valence-electron chi connectivity index (χ4n) is 3.61. The van der Waals surface area contributed by atoms with Crippen molar-refractivity contribution in [3.8, 4) is 0 Å². The summed E-state index contributed by atoms with van der Waals surface area (Å²) >= 11 is 0. The van der Waals surface area contributed by atoms with Crippen LogP contribution in [0.15, 0.2) is 30.3 Å². The number of hydrogen-bond donors (Lipinski definition) is 1. The topological polar surface area (TPSA) is 18.5 Å². The zero-order chi connectivity index (χ0) is 13.8. The van der Waals surface area contributed by atoms with Crippen LogP contribution in [0.3, 0.4) is 0 Å². The molecule has 3 nitrogen and oxygen atoms in total. The Morgan fingerprint density at radius 1 is 1.20 bits per heavy atom. The highest BCUT2D eigenvalue weighted by atomic mass is 15.3. The molecule has 1 aromatic carbocycles. The molecular formula is C17H27N3. The molecule has 2 aliphatic rings. The average Bonchev–Trinajstić information content (AvgIpc) is 2.97. The van der Waals surface area contributed by atoms with Crippen molar-refractivity contribution in [2.24, 2.45) is 0 Å². The Bertz CT molecular complexity index is 400. The van der Waals surface area contributed by atoms with Crippen molar-refractivity contribution >= 4 is 0 Å². The standard InChI is InChI=1S/C17H27N3/c1-19(16-8-5-10-18-12-16)17-9-11-20(14-17)13-15-6-3-2-4-7-15/h2-4,6-7,16-18H,5,8-14H2,1H3. The summed E-state index contributed by atoms with van der Waals surface area (Å²) in [6.07, 6.45) is 4.01. The third-order valence-corrected chi connectivity index (χ3v) is 4.92. The fraction of sp³-hybridized carbons (Fsp3) is 0.647. The summed E-state index contributed by atoms with van der Waals surface area (Å²) in [5, 5.41) is 3.53. The van der Waals surface area contributed by atoms with Gasteiger partial charge in [0.05, 0.1) is 0 Å². The average molecular weight is 273 g/mol. The van der Waals surface area contributed by atoms with Crippen LogP contribution in [0.5, 0.6) is 0 Å². The molecule has 1 N–H and O–H groups in total. The summed E-state index contributed by atoms with van der Waals surface area (Å²) in [5.74, 6) is 0. The first-order valence-electron chi connectivity index (χ1n) is 8.02. The van der Waals surface area contributed by atoms with Gasteiger partial charge in [0.25, 0.3) is 0 Å². The molecule has 0 amide bonds. The van der Waals surface area contributed by atoms with Gasteiger partial charge in [0.2, 0.25) is 0 Å². The third kappa shape index (κ3) is 3.40. The van der Waals surface area contributed by atoms with E-state index in [1.165, 1.54) is 51.0 Å². The normalized spacial score (nSPS) is 28.1. The van der Waals surface area contributed by atoms with Crippen LogP contribution in [0.4, 0.5) is 0 Å². The summed E-state index contributed by atoms with van der Waals surface area (Å²) in [6.45, 7) is 5.95. The zero-order valence-electron chi connectivity index (χ0n) is 12.6. The Balaban J connectivity index is 1.51. The summed E-state index contributed by atoms with van der Waals surface area (Å²) in [4.78, 5) is 5.24. The fourth-order valence-corrected chi connectivity index (χ4v) is 3.61. The molecule has 3 rings (SSSR count). The summed E-state index contributed by atoms with van der Waals surface area (Å²) < 4.78 is 0. The minimum atomic E-state index is 0.739. The predicted octanol–water partition coefficient (Wildman–Crippen LogP) is 1.94. The van der Waals surface area contributed by atoms with E-state index in [9.17, 15) is 0 Å². The largest absolute Gasteiger partial charge is 0.315 e. The second-order valence-corrected chi connectivity index (χ2v) is 6.33. The molecule has 2 atom stereocenters. The van der Waals surface area contributed by atoms with Gasteiger partial charge in [0.1, 0.15) is 0 Å². The quantitative estimate of drug-likeness (QED) is 0.904. The van der Waals surface area contributed by atoms with Crippen LogP contribution in [0.2, 0.25) is 0 Å². The molecule has 0 bridgehead atoms. The lowest BCUT2D eigenvalue weighted by Gasteiger charge is -2.35. The van der Waals surface area contributed by atoms with Crippen molar-refractivity contribution in [1.82, 2.24) is 15.1 Å². The van der Waals surface area contributed by atoms with Crippen LogP contribution in [-0.4, -0.2) is 55.1 Å². The molecular weight excluding hydrogens is 246 g/mol. The van der Waals surface area contributed by atoms with Gasteiger partial charge in [0, 0.05) is 38.3 Å². The van der Waals surface area contributed by atoms with Gasteiger partial charge < -0.3 is 5.32 Å². The molecule has 2 fully saturated rings. The van der Waals surface area contributed by atoms with Crippen molar-refractivity contribution < 1.29 is 0 Å². The molecule has 2 saturated heterocycles. The Morgan fingerprint density at radius 2 is 2.05 bits per heavy atom. The lowest BCUT2D eigenvalue weighted by molar-refractivity contribution is 0.145. The van der Waals surface area contributed by atoms with E-state index in [1.54, 1.807) is 0 Å².